The number of hydrogen-bond donors (Lipinski definition) is 1. The summed E-state index contributed by atoms with van der Waals surface area (Å²) in [4.78, 5) is 11.9. The third-order valence-corrected chi connectivity index (χ3v) is 2.70. The lowest BCUT2D eigenvalue weighted by Gasteiger charge is -2.19. The van der Waals surface area contributed by atoms with E-state index in [0.29, 0.717) is 31.3 Å². The van der Waals surface area contributed by atoms with Crippen molar-refractivity contribution in [3.05, 3.63) is 23.7 Å². The van der Waals surface area contributed by atoms with Gasteiger partial charge < -0.3 is 14.9 Å². The lowest BCUT2D eigenvalue weighted by molar-refractivity contribution is 0.0526. The maximum absolute atomic E-state index is 11.9. The van der Waals surface area contributed by atoms with Gasteiger partial charge in [-0.3, -0.25) is 4.79 Å². The summed E-state index contributed by atoms with van der Waals surface area (Å²) in [6, 6.07) is 3.46. The Morgan fingerprint density at radius 2 is 2.13 bits per heavy atom. The first-order valence-corrected chi connectivity index (χ1v) is 5.22. The molecular weight excluding hydrogens is 194 g/mol. The van der Waals surface area contributed by atoms with E-state index in [1.54, 1.807) is 12.1 Å². The number of carbonyl (C=O) groups excluding carboxylic acids is 1. The predicted molar refractivity (Wildman–Crippen MR) is 54.5 cm³/mol. The third kappa shape index (κ3) is 2.27. The van der Waals surface area contributed by atoms with Crippen molar-refractivity contribution >= 4 is 5.78 Å². The average molecular weight is 209 g/mol. The standard InChI is InChI=1S/C11H15NO3/c12-7-9-1-2-10(15-9)11(13)8-3-5-14-6-4-8/h1-2,8H,3-7,12H2. The Bertz CT molecular complexity index is 339. The van der Waals surface area contributed by atoms with Gasteiger partial charge in [0.1, 0.15) is 5.76 Å². The van der Waals surface area contributed by atoms with E-state index < -0.39 is 0 Å². The van der Waals surface area contributed by atoms with Crippen molar-refractivity contribution in [1.29, 1.82) is 0 Å². The summed E-state index contributed by atoms with van der Waals surface area (Å²) in [5.74, 6) is 1.22. The van der Waals surface area contributed by atoms with Crippen molar-refractivity contribution in [3.8, 4) is 0 Å². The van der Waals surface area contributed by atoms with Crippen molar-refractivity contribution < 1.29 is 13.9 Å². The van der Waals surface area contributed by atoms with E-state index >= 15 is 0 Å². The second-order valence-corrected chi connectivity index (χ2v) is 3.72. The molecule has 1 aliphatic heterocycles. The van der Waals surface area contributed by atoms with Gasteiger partial charge in [0, 0.05) is 19.1 Å². The highest BCUT2D eigenvalue weighted by Crippen LogP contribution is 2.21. The molecule has 4 heteroatoms. The van der Waals surface area contributed by atoms with Crippen LogP contribution in [0.15, 0.2) is 16.5 Å². The topological polar surface area (TPSA) is 65.5 Å². The predicted octanol–water partition coefficient (Wildman–Crippen LogP) is 1.35. The van der Waals surface area contributed by atoms with E-state index in [0.717, 1.165) is 12.8 Å². The van der Waals surface area contributed by atoms with Crippen molar-refractivity contribution in [2.75, 3.05) is 13.2 Å². The second kappa shape index (κ2) is 4.59. The first kappa shape index (κ1) is 10.4. The molecule has 0 radical (unpaired) electrons. The molecule has 0 amide bonds. The van der Waals surface area contributed by atoms with Gasteiger partial charge in [0.05, 0.1) is 6.54 Å². The average Bonchev–Trinajstić information content (AvgIpc) is 2.78. The SMILES string of the molecule is NCc1ccc(C(=O)C2CCOCC2)o1. The van der Waals surface area contributed by atoms with Gasteiger partial charge >= 0.3 is 0 Å². The fourth-order valence-corrected chi connectivity index (χ4v) is 1.78. The molecule has 0 bridgehead atoms. The Morgan fingerprint density at radius 1 is 1.40 bits per heavy atom. The largest absolute Gasteiger partial charge is 0.457 e. The van der Waals surface area contributed by atoms with Gasteiger partial charge in [-0.2, -0.15) is 0 Å². The van der Waals surface area contributed by atoms with Gasteiger partial charge in [-0.15, -0.1) is 0 Å². The first-order valence-electron chi connectivity index (χ1n) is 5.22. The molecule has 82 valence electrons. The zero-order valence-corrected chi connectivity index (χ0v) is 8.57. The highest BCUT2D eigenvalue weighted by atomic mass is 16.5. The van der Waals surface area contributed by atoms with Crippen molar-refractivity contribution in [3.63, 3.8) is 0 Å². The van der Waals surface area contributed by atoms with Crippen LogP contribution in [0.2, 0.25) is 0 Å². The van der Waals surface area contributed by atoms with E-state index in [4.69, 9.17) is 14.9 Å². The fraction of sp³-hybridized carbons (Fsp3) is 0.545. The Balaban J connectivity index is 2.05. The quantitative estimate of drug-likeness (QED) is 0.763. The second-order valence-electron chi connectivity index (χ2n) is 3.72. The van der Waals surface area contributed by atoms with Crippen LogP contribution in [-0.2, 0) is 11.3 Å². The first-order chi connectivity index (χ1) is 7.31. The molecule has 0 saturated carbocycles. The van der Waals surface area contributed by atoms with Gasteiger partial charge in [-0.05, 0) is 25.0 Å². The molecule has 0 spiro atoms. The summed E-state index contributed by atoms with van der Waals surface area (Å²) in [6.07, 6.45) is 1.58. The minimum atomic E-state index is 0.0514. The molecule has 1 aromatic rings. The maximum Gasteiger partial charge on any atom is 0.201 e. The van der Waals surface area contributed by atoms with Crippen LogP contribution in [-0.4, -0.2) is 19.0 Å². The molecule has 1 fully saturated rings. The van der Waals surface area contributed by atoms with E-state index in [1.807, 2.05) is 0 Å². The summed E-state index contributed by atoms with van der Waals surface area (Å²) < 4.78 is 10.5. The molecule has 15 heavy (non-hydrogen) atoms. The van der Waals surface area contributed by atoms with Crippen molar-refractivity contribution in [1.82, 2.24) is 0 Å². The van der Waals surface area contributed by atoms with E-state index in [1.165, 1.54) is 0 Å². The van der Waals surface area contributed by atoms with Gasteiger partial charge in [-0.1, -0.05) is 0 Å². The summed E-state index contributed by atoms with van der Waals surface area (Å²) in [5.41, 5.74) is 5.42. The number of furan rings is 1. The highest BCUT2D eigenvalue weighted by molar-refractivity contribution is 5.95. The Labute approximate surface area is 88.4 Å². The Morgan fingerprint density at radius 3 is 2.73 bits per heavy atom. The highest BCUT2D eigenvalue weighted by Gasteiger charge is 2.24. The van der Waals surface area contributed by atoms with Crippen LogP contribution in [0.1, 0.15) is 29.2 Å². The zero-order valence-electron chi connectivity index (χ0n) is 8.57. The molecule has 4 nitrogen and oxygen atoms in total. The van der Waals surface area contributed by atoms with Crippen LogP contribution in [0.5, 0.6) is 0 Å². The van der Waals surface area contributed by atoms with E-state index in [9.17, 15) is 4.79 Å². The van der Waals surface area contributed by atoms with Crippen LogP contribution in [0.3, 0.4) is 0 Å². The number of nitrogens with two attached hydrogens (primary N) is 1. The Kier molecular flexibility index (Phi) is 3.18. The zero-order chi connectivity index (χ0) is 10.7. The normalized spacial score (nSPS) is 17.9. The van der Waals surface area contributed by atoms with Gasteiger partial charge in [0.15, 0.2) is 5.76 Å². The molecule has 1 aliphatic rings. The number of ketones is 1. The van der Waals surface area contributed by atoms with Crippen LogP contribution in [0, 0.1) is 5.92 Å². The smallest absolute Gasteiger partial charge is 0.201 e. The minimum absolute atomic E-state index is 0.0514. The molecule has 1 aromatic heterocycles. The lowest BCUT2D eigenvalue weighted by Crippen LogP contribution is -2.23. The molecule has 0 unspecified atom stereocenters. The molecule has 0 aliphatic carbocycles. The third-order valence-electron chi connectivity index (χ3n) is 2.70. The summed E-state index contributed by atoms with van der Waals surface area (Å²) in [7, 11) is 0. The van der Waals surface area contributed by atoms with Gasteiger partial charge in [0.2, 0.25) is 5.78 Å². The van der Waals surface area contributed by atoms with Crippen LogP contribution in [0.4, 0.5) is 0 Å². The molecule has 2 N–H and O–H groups in total. The van der Waals surface area contributed by atoms with Crippen LogP contribution < -0.4 is 5.73 Å². The number of carbonyl (C=O) groups is 1. The maximum atomic E-state index is 11.9. The molecule has 2 heterocycles. The molecule has 0 atom stereocenters. The number of rotatable bonds is 3. The fourth-order valence-electron chi connectivity index (χ4n) is 1.78. The summed E-state index contributed by atoms with van der Waals surface area (Å²) >= 11 is 0. The molecule has 0 aromatic carbocycles. The van der Waals surface area contributed by atoms with Crippen molar-refractivity contribution in [2.24, 2.45) is 11.7 Å². The Hall–Kier alpha value is -1.13. The number of hydrogen-bond acceptors (Lipinski definition) is 4. The minimum Gasteiger partial charge on any atom is -0.457 e. The van der Waals surface area contributed by atoms with Gasteiger partial charge in [-0.25, -0.2) is 0 Å². The summed E-state index contributed by atoms with van der Waals surface area (Å²) in [5, 5.41) is 0. The van der Waals surface area contributed by atoms with Crippen LogP contribution in [0.25, 0.3) is 0 Å². The lowest BCUT2D eigenvalue weighted by atomic mass is 9.94. The molecule has 1 saturated heterocycles. The number of ether oxygens (including phenoxy) is 1. The van der Waals surface area contributed by atoms with Crippen molar-refractivity contribution in [2.45, 2.75) is 19.4 Å². The van der Waals surface area contributed by atoms with Gasteiger partial charge in [0.25, 0.3) is 0 Å². The number of Topliss-reactive ketones (excluding diaryl/α,β-unsaturated/α-hetero) is 1. The van der Waals surface area contributed by atoms with Crippen LogP contribution >= 0.6 is 0 Å². The van der Waals surface area contributed by atoms with E-state index in [-0.39, 0.29) is 11.7 Å². The van der Waals surface area contributed by atoms with E-state index in [2.05, 4.69) is 0 Å². The monoisotopic (exact) mass is 209 g/mol. The molecule has 2 rings (SSSR count). The molecular formula is C11H15NO3. The summed E-state index contributed by atoms with van der Waals surface area (Å²) in [6.45, 7) is 1.67.